The van der Waals surface area contributed by atoms with Crippen LogP contribution in [-0.2, 0) is 15.7 Å². The summed E-state index contributed by atoms with van der Waals surface area (Å²) in [7, 11) is 0. The summed E-state index contributed by atoms with van der Waals surface area (Å²) >= 11 is 1.31. The molecule has 0 saturated carbocycles. The topological polar surface area (TPSA) is 54.5 Å². The number of aromatic nitrogens is 1. The second-order valence-corrected chi connectivity index (χ2v) is 12.3. The van der Waals surface area contributed by atoms with Gasteiger partial charge in [-0.3, -0.25) is 15.2 Å². The van der Waals surface area contributed by atoms with Crippen LogP contribution < -0.4 is 5.43 Å². The number of fused-ring (bicyclic) bond motifs is 1. The fourth-order valence-electron chi connectivity index (χ4n) is 5.77. The van der Waals surface area contributed by atoms with Crippen LogP contribution in [0.3, 0.4) is 0 Å². The van der Waals surface area contributed by atoms with Gasteiger partial charge in [-0.2, -0.15) is 13.2 Å². The number of pyridine rings is 1. The second kappa shape index (κ2) is 14.2. The molecule has 0 bridgehead atoms. The van der Waals surface area contributed by atoms with E-state index < -0.39 is 11.7 Å². The predicted molar refractivity (Wildman–Crippen MR) is 156 cm³/mol. The Bertz CT molecular complexity index is 1180. The van der Waals surface area contributed by atoms with E-state index in [-0.39, 0.29) is 22.5 Å². The average Bonchev–Trinajstić information content (AvgIpc) is 3.11. The lowest BCUT2D eigenvalue weighted by Crippen LogP contribution is -2.47. The van der Waals surface area contributed by atoms with Gasteiger partial charge in [-0.25, -0.2) is 5.01 Å². The Morgan fingerprint density at radius 1 is 1.12 bits per heavy atom. The summed E-state index contributed by atoms with van der Waals surface area (Å²) in [5.74, 6) is 0.920. The van der Waals surface area contributed by atoms with Gasteiger partial charge in [-0.05, 0) is 69.2 Å². The van der Waals surface area contributed by atoms with Crippen LogP contribution in [0.5, 0.6) is 0 Å². The summed E-state index contributed by atoms with van der Waals surface area (Å²) in [5, 5.41) is 3.03. The summed E-state index contributed by atoms with van der Waals surface area (Å²) < 4.78 is 46.8. The number of hydrazine groups is 1. The summed E-state index contributed by atoms with van der Waals surface area (Å²) in [6, 6.07) is 5.88. The maximum atomic E-state index is 13.4. The zero-order valence-electron chi connectivity index (χ0n) is 23.9. The number of benzene rings is 1. The molecule has 3 heterocycles. The van der Waals surface area contributed by atoms with Crippen molar-refractivity contribution >= 4 is 27.8 Å². The fraction of sp³-hybridized carbons (Fsp3) is 0.613. The van der Waals surface area contributed by atoms with Gasteiger partial charge in [0.1, 0.15) is 5.76 Å². The van der Waals surface area contributed by atoms with Crippen molar-refractivity contribution in [2.75, 3.05) is 13.1 Å². The molecule has 0 aliphatic carbocycles. The SMILES string of the molecule is CCCCCCC(CCC(OC1=C(C)C(=O)SC1C)N1CCCCCN1)c1ccnc2cc(C(F)(F)F)ccc12. The van der Waals surface area contributed by atoms with Gasteiger partial charge in [0.05, 0.1) is 16.3 Å². The predicted octanol–water partition coefficient (Wildman–Crippen LogP) is 8.36. The largest absolute Gasteiger partial charge is 0.477 e. The van der Waals surface area contributed by atoms with Crippen LogP contribution in [0.15, 0.2) is 41.8 Å². The van der Waals surface area contributed by atoms with E-state index in [4.69, 9.17) is 4.74 Å². The van der Waals surface area contributed by atoms with E-state index in [0.717, 1.165) is 93.7 Å². The Morgan fingerprint density at radius 2 is 1.95 bits per heavy atom. The van der Waals surface area contributed by atoms with Crippen molar-refractivity contribution in [2.24, 2.45) is 0 Å². The van der Waals surface area contributed by atoms with Crippen molar-refractivity contribution in [1.29, 1.82) is 0 Å². The van der Waals surface area contributed by atoms with Crippen molar-refractivity contribution in [3.05, 3.63) is 52.9 Å². The van der Waals surface area contributed by atoms with Gasteiger partial charge in [0, 0.05) is 36.7 Å². The first kappa shape index (κ1) is 30.8. The smallest absolute Gasteiger partial charge is 0.416 e. The van der Waals surface area contributed by atoms with Crippen LogP contribution in [0.2, 0.25) is 0 Å². The maximum absolute atomic E-state index is 13.4. The second-order valence-electron chi connectivity index (χ2n) is 11.0. The van der Waals surface area contributed by atoms with E-state index in [9.17, 15) is 18.0 Å². The monoisotopic (exact) mass is 577 g/mol. The lowest BCUT2D eigenvalue weighted by molar-refractivity contribution is -0.137. The lowest BCUT2D eigenvalue weighted by Gasteiger charge is -2.33. The number of alkyl halides is 3. The highest BCUT2D eigenvalue weighted by atomic mass is 32.2. The Balaban J connectivity index is 1.61. The number of hydrogen-bond donors (Lipinski definition) is 1. The lowest BCUT2D eigenvalue weighted by atomic mass is 9.86. The van der Waals surface area contributed by atoms with Gasteiger partial charge in [-0.1, -0.05) is 56.9 Å². The standard InChI is InChI=1S/C31H42F3N3O2S/c1-4-5-6-8-11-23(25-16-18-35-27-20-24(31(32,33)34)13-14-26(25)27)12-15-28(37-19-10-7-9-17-36-37)39-29-21(2)30(38)40-22(29)3/h13-14,16,18,20,22-23,28,36H,4-12,15,17,19H2,1-3H3. The number of carbonyl (C=O) groups excluding carboxylic acids is 1. The van der Waals surface area contributed by atoms with Gasteiger partial charge in [-0.15, -0.1) is 0 Å². The summed E-state index contributed by atoms with van der Waals surface area (Å²) in [6.07, 6.45) is 7.34. The molecule has 9 heteroatoms. The van der Waals surface area contributed by atoms with Gasteiger partial charge >= 0.3 is 6.18 Å². The Morgan fingerprint density at radius 3 is 2.67 bits per heavy atom. The molecule has 0 radical (unpaired) electrons. The Kier molecular flexibility index (Phi) is 10.9. The minimum Gasteiger partial charge on any atom is -0.477 e. The molecule has 3 atom stereocenters. The minimum absolute atomic E-state index is 0.0150. The molecule has 2 aromatic rings. The molecule has 40 heavy (non-hydrogen) atoms. The van der Waals surface area contributed by atoms with Crippen LogP contribution in [0, 0.1) is 0 Å². The third-order valence-corrected chi connectivity index (χ3v) is 9.13. The highest BCUT2D eigenvalue weighted by Gasteiger charge is 2.34. The number of ether oxygens (including phenoxy) is 1. The number of nitrogens with zero attached hydrogens (tertiary/aromatic N) is 2. The van der Waals surface area contributed by atoms with E-state index >= 15 is 0 Å². The first-order valence-corrected chi connectivity index (χ1v) is 15.6. The zero-order valence-corrected chi connectivity index (χ0v) is 24.7. The number of rotatable bonds is 12. The van der Waals surface area contributed by atoms with Crippen molar-refractivity contribution in [3.8, 4) is 0 Å². The molecular weight excluding hydrogens is 535 g/mol. The van der Waals surface area contributed by atoms with Gasteiger partial charge in [0.2, 0.25) is 5.12 Å². The molecule has 2 aliphatic rings. The van der Waals surface area contributed by atoms with Crippen molar-refractivity contribution in [2.45, 2.75) is 109 Å². The molecule has 3 unspecified atom stereocenters. The molecule has 2 aliphatic heterocycles. The van der Waals surface area contributed by atoms with Crippen molar-refractivity contribution in [1.82, 2.24) is 15.4 Å². The molecular formula is C31H42F3N3O2S. The molecule has 1 aromatic heterocycles. The molecule has 1 aromatic carbocycles. The molecule has 1 fully saturated rings. The minimum atomic E-state index is -4.40. The Labute approximate surface area is 240 Å². The zero-order chi connectivity index (χ0) is 28.7. The van der Waals surface area contributed by atoms with E-state index in [0.29, 0.717) is 11.1 Å². The number of thioether (sulfide) groups is 1. The first-order valence-electron chi connectivity index (χ1n) is 14.7. The van der Waals surface area contributed by atoms with Gasteiger partial charge < -0.3 is 4.74 Å². The molecule has 0 amide bonds. The number of carbonyl (C=O) groups is 1. The molecule has 0 spiro atoms. The molecule has 1 saturated heterocycles. The van der Waals surface area contributed by atoms with E-state index in [1.807, 2.05) is 19.9 Å². The normalized spacial score (nSPS) is 20.6. The van der Waals surface area contributed by atoms with E-state index in [1.54, 1.807) is 12.3 Å². The highest BCUT2D eigenvalue weighted by Crippen LogP contribution is 2.38. The number of nitrogens with one attached hydrogen (secondary N) is 1. The van der Waals surface area contributed by atoms with Crippen molar-refractivity contribution < 1.29 is 22.7 Å². The number of unbranched alkanes of at least 4 members (excludes halogenated alkanes) is 3. The molecule has 220 valence electrons. The summed E-state index contributed by atoms with van der Waals surface area (Å²) in [5.41, 5.74) is 4.99. The molecule has 1 N–H and O–H groups in total. The maximum Gasteiger partial charge on any atom is 0.416 e. The third kappa shape index (κ3) is 7.79. The number of hydrogen-bond acceptors (Lipinski definition) is 6. The van der Waals surface area contributed by atoms with E-state index in [1.165, 1.54) is 24.2 Å². The fourth-order valence-corrected chi connectivity index (χ4v) is 6.71. The first-order chi connectivity index (χ1) is 19.2. The van der Waals surface area contributed by atoms with Crippen LogP contribution in [0.1, 0.15) is 102 Å². The van der Waals surface area contributed by atoms with Crippen LogP contribution >= 0.6 is 11.8 Å². The highest BCUT2D eigenvalue weighted by molar-refractivity contribution is 8.15. The van der Waals surface area contributed by atoms with Crippen LogP contribution in [0.4, 0.5) is 13.2 Å². The van der Waals surface area contributed by atoms with Gasteiger partial charge in [0.25, 0.3) is 0 Å². The van der Waals surface area contributed by atoms with E-state index in [2.05, 4.69) is 22.3 Å². The van der Waals surface area contributed by atoms with Crippen LogP contribution in [-0.4, -0.2) is 39.7 Å². The molecule has 5 nitrogen and oxygen atoms in total. The van der Waals surface area contributed by atoms with Crippen LogP contribution in [0.25, 0.3) is 10.9 Å². The summed E-state index contributed by atoms with van der Waals surface area (Å²) in [6.45, 7) is 7.79. The average molecular weight is 578 g/mol. The quantitative estimate of drug-likeness (QED) is 0.256. The van der Waals surface area contributed by atoms with Crippen molar-refractivity contribution in [3.63, 3.8) is 0 Å². The summed E-state index contributed by atoms with van der Waals surface area (Å²) in [4.78, 5) is 16.7. The Hall–Kier alpha value is -2.10. The third-order valence-electron chi connectivity index (χ3n) is 8.04. The number of halogens is 3. The van der Waals surface area contributed by atoms with Gasteiger partial charge in [0.15, 0.2) is 6.23 Å². The molecule has 4 rings (SSSR count).